The molecule has 8 heteroatoms. The van der Waals surface area contributed by atoms with E-state index in [2.05, 4.69) is 5.32 Å². The van der Waals surface area contributed by atoms with Crippen LogP contribution >= 0.6 is 0 Å². The summed E-state index contributed by atoms with van der Waals surface area (Å²) >= 11 is 0. The van der Waals surface area contributed by atoms with Crippen molar-refractivity contribution in [1.29, 1.82) is 0 Å². The minimum absolute atomic E-state index is 0.0141. The normalized spacial score (nSPS) is 17.6. The lowest BCUT2D eigenvalue weighted by Gasteiger charge is -2.32. The molecule has 0 bridgehead atoms. The van der Waals surface area contributed by atoms with Crippen LogP contribution in [0.15, 0.2) is 47.4 Å². The maximum absolute atomic E-state index is 12.9. The van der Waals surface area contributed by atoms with Crippen molar-refractivity contribution in [2.24, 2.45) is 0 Å². The van der Waals surface area contributed by atoms with Crippen molar-refractivity contribution in [2.45, 2.75) is 37.1 Å². The summed E-state index contributed by atoms with van der Waals surface area (Å²) in [6.07, 6.45) is 2.78. The predicted octanol–water partition coefficient (Wildman–Crippen LogP) is 3.52. The number of piperidine rings is 1. The first-order valence-corrected chi connectivity index (χ1v) is 11.0. The van der Waals surface area contributed by atoms with Crippen LogP contribution in [0.1, 0.15) is 36.5 Å². The Bertz CT molecular complexity index is 951. The molecule has 0 radical (unpaired) electrons. The molecule has 0 spiro atoms. The number of carbonyl (C=O) groups excluding carboxylic acids is 1. The highest BCUT2D eigenvalue weighted by atomic mass is 32.2. The molecule has 1 aliphatic rings. The summed E-state index contributed by atoms with van der Waals surface area (Å²) in [7, 11) is -0.501. The van der Waals surface area contributed by atoms with E-state index in [1.807, 2.05) is 6.92 Å². The highest BCUT2D eigenvalue weighted by Crippen LogP contribution is 2.27. The summed E-state index contributed by atoms with van der Waals surface area (Å²) in [6, 6.07) is 11.1. The van der Waals surface area contributed by atoms with E-state index >= 15 is 0 Å². The second-order valence-electron chi connectivity index (χ2n) is 7.04. The second kappa shape index (κ2) is 8.84. The molecule has 1 N–H and O–H groups in total. The van der Waals surface area contributed by atoms with Crippen LogP contribution in [-0.2, 0) is 10.0 Å². The highest BCUT2D eigenvalue weighted by molar-refractivity contribution is 7.89. The summed E-state index contributed by atoms with van der Waals surface area (Å²) in [5.41, 5.74) is 0.877. The fourth-order valence-corrected chi connectivity index (χ4v) is 5.12. The molecule has 1 atom stereocenters. The molecule has 2 aromatic rings. The molecule has 0 aromatic heterocycles. The van der Waals surface area contributed by atoms with Gasteiger partial charge in [0.1, 0.15) is 11.5 Å². The van der Waals surface area contributed by atoms with Gasteiger partial charge in [0.15, 0.2) is 0 Å². The second-order valence-corrected chi connectivity index (χ2v) is 8.93. The van der Waals surface area contributed by atoms with Gasteiger partial charge in [0.25, 0.3) is 5.91 Å². The van der Waals surface area contributed by atoms with E-state index in [9.17, 15) is 13.2 Å². The maximum Gasteiger partial charge on any atom is 0.255 e. The van der Waals surface area contributed by atoms with E-state index in [-0.39, 0.29) is 16.8 Å². The molecule has 1 fully saturated rings. The molecule has 1 amide bonds. The van der Waals surface area contributed by atoms with Gasteiger partial charge in [-0.15, -0.1) is 0 Å². The largest absolute Gasteiger partial charge is 0.497 e. The van der Waals surface area contributed by atoms with E-state index in [1.54, 1.807) is 22.5 Å². The Morgan fingerprint density at radius 1 is 1.03 bits per heavy atom. The van der Waals surface area contributed by atoms with Crippen LogP contribution in [0, 0.1) is 0 Å². The Morgan fingerprint density at radius 3 is 2.21 bits per heavy atom. The number of anilines is 1. The van der Waals surface area contributed by atoms with Crippen molar-refractivity contribution in [1.82, 2.24) is 4.31 Å². The first-order valence-electron chi connectivity index (χ1n) is 9.51. The number of amides is 1. The van der Waals surface area contributed by atoms with E-state index in [4.69, 9.17) is 9.47 Å². The number of sulfonamides is 1. The van der Waals surface area contributed by atoms with Crippen molar-refractivity contribution in [3.8, 4) is 11.5 Å². The van der Waals surface area contributed by atoms with E-state index in [0.717, 1.165) is 19.3 Å². The summed E-state index contributed by atoms with van der Waals surface area (Å²) in [5, 5.41) is 2.78. The standard InChI is InChI=1S/C21H26N2O5S/c1-15-6-4-5-11-23(15)29(25,26)20-9-7-16(8-10-20)21(24)22-17-12-18(27-2)14-19(13-17)28-3/h7-10,12-15H,4-6,11H2,1-3H3,(H,22,24)/t15-/m0/s1. The lowest BCUT2D eigenvalue weighted by Crippen LogP contribution is -2.41. The number of hydrogen-bond donors (Lipinski definition) is 1. The fourth-order valence-electron chi connectivity index (χ4n) is 3.43. The first kappa shape index (κ1) is 21.1. The first-order chi connectivity index (χ1) is 13.8. The number of ether oxygens (including phenoxy) is 2. The summed E-state index contributed by atoms with van der Waals surface area (Å²) in [6.45, 7) is 2.46. The maximum atomic E-state index is 12.9. The zero-order valence-electron chi connectivity index (χ0n) is 16.8. The molecule has 0 saturated carbocycles. The van der Waals surface area contributed by atoms with E-state index in [0.29, 0.717) is 29.3 Å². The molecule has 7 nitrogen and oxygen atoms in total. The zero-order valence-corrected chi connectivity index (χ0v) is 17.7. The van der Waals surface area contributed by atoms with Crippen molar-refractivity contribution in [3.05, 3.63) is 48.0 Å². The van der Waals surface area contributed by atoms with Gasteiger partial charge in [-0.3, -0.25) is 4.79 Å². The molecule has 1 heterocycles. The minimum atomic E-state index is -3.56. The van der Waals surface area contributed by atoms with Crippen LogP contribution in [0.2, 0.25) is 0 Å². The smallest absolute Gasteiger partial charge is 0.255 e. The quantitative estimate of drug-likeness (QED) is 0.776. The molecule has 2 aromatic carbocycles. The summed E-state index contributed by atoms with van der Waals surface area (Å²) in [5.74, 6) is 0.754. The van der Waals surface area contributed by atoms with Gasteiger partial charge in [-0.2, -0.15) is 4.31 Å². The van der Waals surface area contributed by atoms with Crippen molar-refractivity contribution in [2.75, 3.05) is 26.1 Å². The Kier molecular flexibility index (Phi) is 6.44. The van der Waals surface area contributed by atoms with Gasteiger partial charge in [-0.05, 0) is 44.0 Å². The van der Waals surface area contributed by atoms with Crippen molar-refractivity contribution < 1.29 is 22.7 Å². The fraction of sp³-hybridized carbons (Fsp3) is 0.381. The number of nitrogens with one attached hydrogen (secondary N) is 1. The molecule has 156 valence electrons. The molecular weight excluding hydrogens is 392 g/mol. The number of carbonyl (C=O) groups is 1. The van der Waals surface area contributed by atoms with Gasteiger partial charge in [-0.25, -0.2) is 8.42 Å². The Labute approximate surface area is 171 Å². The average molecular weight is 419 g/mol. The van der Waals surface area contributed by atoms with Crippen LogP contribution in [0.4, 0.5) is 5.69 Å². The van der Waals surface area contributed by atoms with Gasteiger partial charge in [0.05, 0.1) is 19.1 Å². The van der Waals surface area contributed by atoms with E-state index < -0.39 is 10.0 Å². The molecular formula is C21H26N2O5S. The Hall–Kier alpha value is -2.58. The monoisotopic (exact) mass is 418 g/mol. The third-order valence-corrected chi connectivity index (χ3v) is 7.10. The molecule has 0 unspecified atom stereocenters. The molecule has 29 heavy (non-hydrogen) atoms. The lowest BCUT2D eigenvalue weighted by molar-refractivity contribution is 0.102. The topological polar surface area (TPSA) is 84.9 Å². The number of hydrogen-bond acceptors (Lipinski definition) is 5. The van der Waals surface area contributed by atoms with Crippen LogP contribution in [-0.4, -0.2) is 45.4 Å². The van der Waals surface area contributed by atoms with Crippen molar-refractivity contribution >= 4 is 21.6 Å². The number of rotatable bonds is 6. The lowest BCUT2D eigenvalue weighted by atomic mass is 10.1. The van der Waals surface area contributed by atoms with Gasteiger partial charge >= 0.3 is 0 Å². The molecule has 3 rings (SSSR count). The average Bonchev–Trinajstić information content (AvgIpc) is 2.73. The molecule has 1 aliphatic heterocycles. The van der Waals surface area contributed by atoms with E-state index in [1.165, 1.54) is 38.5 Å². The Balaban J connectivity index is 1.77. The SMILES string of the molecule is COc1cc(NC(=O)c2ccc(S(=O)(=O)N3CCCC[C@@H]3C)cc2)cc(OC)c1. The van der Waals surface area contributed by atoms with Crippen LogP contribution in [0.3, 0.4) is 0 Å². The highest BCUT2D eigenvalue weighted by Gasteiger charge is 2.30. The Morgan fingerprint density at radius 2 is 1.66 bits per heavy atom. The van der Waals surface area contributed by atoms with Gasteiger partial charge in [-0.1, -0.05) is 6.42 Å². The molecule has 0 aliphatic carbocycles. The predicted molar refractivity (Wildman–Crippen MR) is 111 cm³/mol. The number of benzene rings is 2. The molecule has 1 saturated heterocycles. The zero-order chi connectivity index (χ0) is 21.0. The van der Waals surface area contributed by atoms with Gasteiger partial charge in [0.2, 0.25) is 10.0 Å². The van der Waals surface area contributed by atoms with Crippen molar-refractivity contribution in [3.63, 3.8) is 0 Å². The summed E-state index contributed by atoms with van der Waals surface area (Å²) < 4.78 is 37.8. The minimum Gasteiger partial charge on any atom is -0.497 e. The number of nitrogens with zero attached hydrogens (tertiary/aromatic N) is 1. The number of methoxy groups -OCH3 is 2. The van der Waals surface area contributed by atoms with Crippen LogP contribution < -0.4 is 14.8 Å². The third kappa shape index (κ3) is 4.71. The third-order valence-electron chi connectivity index (χ3n) is 5.07. The summed E-state index contributed by atoms with van der Waals surface area (Å²) in [4.78, 5) is 12.8. The van der Waals surface area contributed by atoms with Gasteiger partial charge in [0, 0.05) is 42.0 Å². The van der Waals surface area contributed by atoms with Gasteiger partial charge < -0.3 is 14.8 Å². The van der Waals surface area contributed by atoms with Crippen LogP contribution in [0.5, 0.6) is 11.5 Å². The van der Waals surface area contributed by atoms with Crippen LogP contribution in [0.25, 0.3) is 0 Å².